The Morgan fingerprint density at radius 1 is 1.09 bits per heavy atom. The molecule has 0 aliphatic carbocycles. The summed E-state index contributed by atoms with van der Waals surface area (Å²) in [6.07, 6.45) is 4.15. The zero-order valence-electron chi connectivity index (χ0n) is 12.8. The van der Waals surface area contributed by atoms with Crippen molar-refractivity contribution < 1.29 is 4.52 Å². The lowest BCUT2D eigenvalue weighted by molar-refractivity contribution is 0.234. The summed E-state index contributed by atoms with van der Waals surface area (Å²) in [6.45, 7) is 1.73. The van der Waals surface area contributed by atoms with E-state index in [1.807, 2.05) is 48.7 Å². The Labute approximate surface area is 135 Å². The van der Waals surface area contributed by atoms with Crippen LogP contribution in [0, 0.1) is 0 Å². The fraction of sp³-hybridized carbons (Fsp3) is 0.278. The normalized spacial score (nSPS) is 18.3. The van der Waals surface area contributed by atoms with E-state index >= 15 is 0 Å². The average molecular weight is 306 g/mol. The Bertz CT molecular complexity index is 757. The van der Waals surface area contributed by atoms with E-state index in [9.17, 15) is 0 Å². The lowest BCUT2D eigenvalue weighted by Gasteiger charge is -2.22. The fourth-order valence-corrected chi connectivity index (χ4v) is 3.12. The van der Waals surface area contributed by atoms with E-state index in [1.54, 1.807) is 0 Å². The zero-order chi connectivity index (χ0) is 15.5. The molecule has 1 aromatic carbocycles. The predicted octanol–water partition coefficient (Wildman–Crippen LogP) is 3.47. The number of rotatable bonds is 4. The minimum atomic E-state index is 0.342. The third-order valence-corrected chi connectivity index (χ3v) is 4.23. The number of benzene rings is 1. The van der Waals surface area contributed by atoms with Gasteiger partial charge in [0, 0.05) is 11.8 Å². The largest absolute Gasteiger partial charge is 0.334 e. The van der Waals surface area contributed by atoms with E-state index in [-0.39, 0.29) is 0 Å². The maximum absolute atomic E-state index is 5.40. The van der Waals surface area contributed by atoms with E-state index in [2.05, 4.69) is 26.1 Å². The Hall–Kier alpha value is -2.53. The highest BCUT2D eigenvalue weighted by molar-refractivity contribution is 5.51. The monoisotopic (exact) mass is 306 g/mol. The van der Waals surface area contributed by atoms with Gasteiger partial charge in [-0.1, -0.05) is 29.4 Å². The molecule has 1 saturated heterocycles. The average Bonchev–Trinajstić information content (AvgIpc) is 3.26. The molecular weight excluding hydrogens is 288 g/mol. The molecule has 1 aliphatic heterocycles. The molecule has 0 N–H and O–H groups in total. The van der Waals surface area contributed by atoms with Crippen LogP contribution in [-0.4, -0.2) is 26.6 Å². The first-order valence-electron chi connectivity index (χ1n) is 7.93. The molecule has 5 nitrogen and oxygen atoms in total. The van der Waals surface area contributed by atoms with Gasteiger partial charge in [-0.25, -0.2) is 0 Å². The van der Waals surface area contributed by atoms with Gasteiger partial charge in [-0.05, 0) is 43.7 Å². The summed E-state index contributed by atoms with van der Waals surface area (Å²) < 4.78 is 5.40. The molecule has 1 fully saturated rings. The molecule has 2 aromatic heterocycles. The van der Waals surface area contributed by atoms with Crippen molar-refractivity contribution in [2.24, 2.45) is 0 Å². The van der Waals surface area contributed by atoms with Gasteiger partial charge in [0.2, 0.25) is 0 Å². The molecule has 0 saturated carbocycles. The van der Waals surface area contributed by atoms with Gasteiger partial charge in [-0.15, -0.1) is 0 Å². The van der Waals surface area contributed by atoms with Crippen LogP contribution in [0.1, 0.15) is 30.4 Å². The standard InChI is InChI=1S/C18H18N4O/c1-2-7-14(8-3-1)18-20-17(21-23-18)13-22-12-6-10-16(22)15-9-4-5-11-19-15/h1-5,7-9,11,16H,6,10,12-13H2. The van der Waals surface area contributed by atoms with Crippen LogP contribution in [0.5, 0.6) is 0 Å². The SMILES string of the molecule is c1ccc(-c2nc(CN3CCCC3c3ccccn3)no2)cc1. The van der Waals surface area contributed by atoms with Crippen molar-refractivity contribution in [2.75, 3.05) is 6.54 Å². The van der Waals surface area contributed by atoms with Crippen molar-refractivity contribution in [2.45, 2.75) is 25.4 Å². The Morgan fingerprint density at radius 2 is 1.96 bits per heavy atom. The molecule has 0 spiro atoms. The Balaban J connectivity index is 1.51. The Kier molecular flexibility index (Phi) is 3.86. The van der Waals surface area contributed by atoms with Crippen LogP contribution >= 0.6 is 0 Å². The molecule has 0 bridgehead atoms. The summed E-state index contributed by atoms with van der Waals surface area (Å²) in [5, 5.41) is 4.14. The smallest absolute Gasteiger partial charge is 0.257 e. The second-order valence-corrected chi connectivity index (χ2v) is 5.76. The summed E-state index contributed by atoms with van der Waals surface area (Å²) >= 11 is 0. The minimum absolute atomic E-state index is 0.342. The highest BCUT2D eigenvalue weighted by Gasteiger charge is 2.28. The molecule has 1 atom stereocenters. The number of aromatic nitrogens is 3. The lowest BCUT2D eigenvalue weighted by Crippen LogP contribution is -2.24. The highest BCUT2D eigenvalue weighted by atomic mass is 16.5. The summed E-state index contributed by atoms with van der Waals surface area (Å²) in [6, 6.07) is 16.3. The van der Waals surface area contributed by atoms with Crippen molar-refractivity contribution in [3.63, 3.8) is 0 Å². The van der Waals surface area contributed by atoms with Crippen LogP contribution in [0.3, 0.4) is 0 Å². The lowest BCUT2D eigenvalue weighted by atomic mass is 10.1. The van der Waals surface area contributed by atoms with Gasteiger partial charge in [-0.3, -0.25) is 9.88 Å². The fourth-order valence-electron chi connectivity index (χ4n) is 3.12. The second kappa shape index (κ2) is 6.30. The third-order valence-electron chi connectivity index (χ3n) is 4.23. The van der Waals surface area contributed by atoms with Gasteiger partial charge >= 0.3 is 0 Å². The third kappa shape index (κ3) is 3.00. The molecule has 1 unspecified atom stereocenters. The molecule has 0 amide bonds. The first-order chi connectivity index (χ1) is 11.4. The van der Waals surface area contributed by atoms with E-state index in [1.165, 1.54) is 6.42 Å². The number of likely N-dealkylation sites (tertiary alicyclic amines) is 1. The zero-order valence-corrected chi connectivity index (χ0v) is 12.8. The van der Waals surface area contributed by atoms with Gasteiger partial charge in [-0.2, -0.15) is 4.98 Å². The summed E-state index contributed by atoms with van der Waals surface area (Å²) in [4.78, 5) is 11.4. The predicted molar refractivity (Wildman–Crippen MR) is 86.4 cm³/mol. The Morgan fingerprint density at radius 3 is 2.78 bits per heavy atom. The van der Waals surface area contributed by atoms with Crippen LogP contribution < -0.4 is 0 Å². The topological polar surface area (TPSA) is 55.1 Å². The van der Waals surface area contributed by atoms with E-state index in [0.717, 1.165) is 30.0 Å². The van der Waals surface area contributed by atoms with Gasteiger partial charge in [0.25, 0.3) is 5.89 Å². The van der Waals surface area contributed by atoms with Crippen LogP contribution in [0.15, 0.2) is 59.3 Å². The molecule has 116 valence electrons. The quantitative estimate of drug-likeness (QED) is 0.738. The second-order valence-electron chi connectivity index (χ2n) is 5.76. The van der Waals surface area contributed by atoms with Crippen LogP contribution in [-0.2, 0) is 6.54 Å². The van der Waals surface area contributed by atoms with E-state index in [4.69, 9.17) is 4.52 Å². The first kappa shape index (κ1) is 14.1. The van der Waals surface area contributed by atoms with Crippen LogP contribution in [0.4, 0.5) is 0 Å². The van der Waals surface area contributed by atoms with Gasteiger partial charge in [0.1, 0.15) is 0 Å². The molecular formula is C18H18N4O. The van der Waals surface area contributed by atoms with Gasteiger partial charge in [0.15, 0.2) is 5.82 Å². The van der Waals surface area contributed by atoms with Gasteiger partial charge < -0.3 is 4.52 Å². The summed E-state index contributed by atoms with van der Waals surface area (Å²) in [7, 11) is 0. The van der Waals surface area contributed by atoms with Crippen molar-refractivity contribution in [3.05, 3.63) is 66.2 Å². The minimum Gasteiger partial charge on any atom is -0.334 e. The van der Waals surface area contributed by atoms with Crippen LogP contribution in [0.2, 0.25) is 0 Å². The number of nitrogens with zero attached hydrogens (tertiary/aromatic N) is 4. The van der Waals surface area contributed by atoms with Gasteiger partial charge in [0.05, 0.1) is 18.3 Å². The van der Waals surface area contributed by atoms with Crippen LogP contribution in [0.25, 0.3) is 11.5 Å². The van der Waals surface area contributed by atoms with E-state index in [0.29, 0.717) is 18.5 Å². The number of pyridine rings is 1. The number of hydrogen-bond donors (Lipinski definition) is 0. The molecule has 23 heavy (non-hydrogen) atoms. The van der Waals surface area contributed by atoms with E-state index < -0.39 is 0 Å². The van der Waals surface area contributed by atoms with Crippen molar-refractivity contribution in [3.8, 4) is 11.5 Å². The highest BCUT2D eigenvalue weighted by Crippen LogP contribution is 2.31. The molecule has 5 heteroatoms. The molecule has 3 aromatic rings. The summed E-state index contributed by atoms with van der Waals surface area (Å²) in [5.41, 5.74) is 2.07. The maximum atomic E-state index is 5.40. The maximum Gasteiger partial charge on any atom is 0.257 e. The van der Waals surface area contributed by atoms with Crippen molar-refractivity contribution in [1.29, 1.82) is 0 Å². The van der Waals surface area contributed by atoms with Crippen molar-refractivity contribution >= 4 is 0 Å². The van der Waals surface area contributed by atoms with Crippen molar-refractivity contribution in [1.82, 2.24) is 20.0 Å². The molecule has 0 radical (unpaired) electrons. The first-order valence-corrected chi connectivity index (χ1v) is 7.93. The molecule has 3 heterocycles. The number of hydrogen-bond acceptors (Lipinski definition) is 5. The molecule has 4 rings (SSSR count). The molecule has 1 aliphatic rings. The summed E-state index contributed by atoms with van der Waals surface area (Å²) in [5.74, 6) is 1.31.